The van der Waals surface area contributed by atoms with Crippen molar-refractivity contribution in [1.82, 2.24) is 5.32 Å². The van der Waals surface area contributed by atoms with E-state index in [4.69, 9.17) is 28.3 Å². The Hall–Kier alpha value is -0.780. The average Bonchev–Trinajstić information content (AvgIpc) is 2.56. The number of carboxylic acid groups (broad SMARTS) is 1. The lowest BCUT2D eigenvalue weighted by Crippen LogP contribution is -2.40. The fourth-order valence-electron chi connectivity index (χ4n) is 1.38. The highest BCUT2D eigenvalue weighted by Gasteiger charge is 2.22. The van der Waals surface area contributed by atoms with Gasteiger partial charge in [-0.2, -0.15) is 0 Å². The first-order chi connectivity index (χ1) is 8.31. The van der Waals surface area contributed by atoms with Crippen LogP contribution in [0.2, 0.25) is 8.67 Å². The molecular formula is C11H13Cl2NO3S. The lowest BCUT2D eigenvalue weighted by Gasteiger charge is -2.20. The molecule has 100 valence electrons. The smallest absolute Gasteiger partial charge is 0.305 e. The summed E-state index contributed by atoms with van der Waals surface area (Å²) in [4.78, 5) is 22.6. The van der Waals surface area contributed by atoms with Gasteiger partial charge in [0.25, 0.3) is 5.91 Å². The summed E-state index contributed by atoms with van der Waals surface area (Å²) in [6.45, 7) is 3.69. The Morgan fingerprint density at radius 3 is 2.44 bits per heavy atom. The van der Waals surface area contributed by atoms with Crippen molar-refractivity contribution in [1.29, 1.82) is 0 Å². The van der Waals surface area contributed by atoms with Crippen molar-refractivity contribution in [3.8, 4) is 0 Å². The van der Waals surface area contributed by atoms with E-state index in [0.29, 0.717) is 8.67 Å². The summed E-state index contributed by atoms with van der Waals surface area (Å²) in [5.41, 5.74) is 0.280. The molecule has 0 aromatic carbocycles. The van der Waals surface area contributed by atoms with Crippen molar-refractivity contribution in [2.75, 3.05) is 0 Å². The molecule has 1 aromatic heterocycles. The molecule has 1 unspecified atom stereocenters. The van der Waals surface area contributed by atoms with Gasteiger partial charge in [-0.3, -0.25) is 9.59 Å². The molecular weight excluding hydrogens is 297 g/mol. The third kappa shape index (κ3) is 4.15. The number of halogens is 2. The zero-order valence-electron chi connectivity index (χ0n) is 9.87. The second-order valence-electron chi connectivity index (χ2n) is 4.16. The van der Waals surface area contributed by atoms with E-state index in [-0.39, 0.29) is 17.9 Å². The molecule has 1 amide bonds. The van der Waals surface area contributed by atoms with Crippen LogP contribution < -0.4 is 5.32 Å². The van der Waals surface area contributed by atoms with Crippen molar-refractivity contribution in [2.45, 2.75) is 26.3 Å². The van der Waals surface area contributed by atoms with Crippen molar-refractivity contribution in [3.05, 3.63) is 20.3 Å². The molecule has 1 heterocycles. The van der Waals surface area contributed by atoms with Gasteiger partial charge in [0, 0.05) is 6.04 Å². The summed E-state index contributed by atoms with van der Waals surface area (Å²) in [7, 11) is 0. The summed E-state index contributed by atoms with van der Waals surface area (Å²) in [6, 6.07) is 1.03. The molecule has 0 aliphatic heterocycles. The number of amides is 1. The molecule has 7 heteroatoms. The summed E-state index contributed by atoms with van der Waals surface area (Å²) < 4.78 is 0.722. The Kier molecular flexibility index (Phi) is 5.44. The second kappa shape index (κ2) is 6.41. The number of aliphatic carboxylic acids is 1. The average molecular weight is 310 g/mol. The first-order valence-electron chi connectivity index (χ1n) is 5.28. The van der Waals surface area contributed by atoms with E-state index in [0.717, 1.165) is 11.3 Å². The number of hydrogen-bond donors (Lipinski definition) is 2. The van der Waals surface area contributed by atoms with Gasteiger partial charge in [-0.05, 0) is 12.0 Å². The maximum absolute atomic E-state index is 11.9. The lowest BCUT2D eigenvalue weighted by molar-refractivity contribution is -0.137. The molecule has 0 aliphatic carbocycles. The molecule has 0 fully saturated rings. The number of carbonyl (C=O) groups excluding carboxylic acids is 1. The predicted molar refractivity (Wildman–Crippen MR) is 72.7 cm³/mol. The van der Waals surface area contributed by atoms with E-state index in [1.807, 2.05) is 13.8 Å². The van der Waals surface area contributed by atoms with Crippen molar-refractivity contribution >= 4 is 46.4 Å². The number of nitrogens with one attached hydrogen (secondary N) is 1. The molecule has 2 N–H and O–H groups in total. The minimum atomic E-state index is -0.955. The molecule has 1 aromatic rings. The molecule has 0 saturated carbocycles. The van der Waals surface area contributed by atoms with E-state index in [9.17, 15) is 9.59 Å². The second-order valence-corrected chi connectivity index (χ2v) is 6.45. The van der Waals surface area contributed by atoms with Crippen molar-refractivity contribution < 1.29 is 14.7 Å². The zero-order chi connectivity index (χ0) is 13.9. The van der Waals surface area contributed by atoms with E-state index in [1.165, 1.54) is 6.07 Å². The number of rotatable bonds is 5. The fourth-order valence-corrected chi connectivity index (χ4v) is 2.84. The highest BCUT2D eigenvalue weighted by molar-refractivity contribution is 7.20. The van der Waals surface area contributed by atoms with E-state index in [2.05, 4.69) is 5.32 Å². The first kappa shape index (κ1) is 15.3. The van der Waals surface area contributed by atoms with Crippen LogP contribution in [0.15, 0.2) is 6.07 Å². The third-order valence-corrected chi connectivity index (χ3v) is 3.90. The van der Waals surface area contributed by atoms with Crippen LogP contribution in [0, 0.1) is 5.92 Å². The number of thiophene rings is 1. The summed E-state index contributed by atoms with van der Waals surface area (Å²) in [6.07, 6.45) is -0.126. The monoisotopic (exact) mass is 309 g/mol. The minimum absolute atomic E-state index is 0.0120. The standard InChI is InChI=1S/C11H13Cl2NO3S/c1-5(2)7(4-9(15)16)14-11(17)6-3-8(12)18-10(6)13/h3,5,7H,4H2,1-2H3,(H,14,17)(H,15,16). The summed E-state index contributed by atoms with van der Waals surface area (Å²) >= 11 is 12.7. The van der Waals surface area contributed by atoms with Gasteiger partial charge in [0.2, 0.25) is 0 Å². The van der Waals surface area contributed by atoms with Gasteiger partial charge < -0.3 is 10.4 Å². The Morgan fingerprint density at radius 1 is 1.44 bits per heavy atom. The maximum atomic E-state index is 11.9. The van der Waals surface area contributed by atoms with Gasteiger partial charge in [-0.15, -0.1) is 11.3 Å². The third-order valence-electron chi connectivity index (χ3n) is 2.42. The molecule has 0 spiro atoms. The highest BCUT2D eigenvalue weighted by Crippen LogP contribution is 2.31. The van der Waals surface area contributed by atoms with Crippen molar-refractivity contribution in [3.63, 3.8) is 0 Å². The molecule has 1 rings (SSSR count). The van der Waals surface area contributed by atoms with Crippen LogP contribution in [-0.4, -0.2) is 23.0 Å². The van der Waals surface area contributed by atoms with Crippen LogP contribution in [0.4, 0.5) is 0 Å². The summed E-state index contributed by atoms with van der Waals surface area (Å²) in [5, 5.41) is 11.4. The van der Waals surface area contributed by atoms with Gasteiger partial charge in [0.15, 0.2) is 0 Å². The largest absolute Gasteiger partial charge is 0.481 e. The minimum Gasteiger partial charge on any atom is -0.481 e. The Bertz CT molecular complexity index is 459. The first-order valence-corrected chi connectivity index (χ1v) is 6.86. The quantitative estimate of drug-likeness (QED) is 0.877. The van der Waals surface area contributed by atoms with Crippen LogP contribution in [0.5, 0.6) is 0 Å². The molecule has 1 atom stereocenters. The number of carboxylic acids is 1. The van der Waals surface area contributed by atoms with E-state index >= 15 is 0 Å². The normalized spacial score (nSPS) is 12.5. The topological polar surface area (TPSA) is 66.4 Å². The van der Waals surface area contributed by atoms with E-state index in [1.54, 1.807) is 0 Å². The van der Waals surface area contributed by atoms with Gasteiger partial charge in [0.05, 0.1) is 16.3 Å². The van der Waals surface area contributed by atoms with Gasteiger partial charge in [-0.25, -0.2) is 0 Å². The van der Waals surface area contributed by atoms with E-state index < -0.39 is 17.9 Å². The predicted octanol–water partition coefficient (Wildman–Crippen LogP) is 3.28. The maximum Gasteiger partial charge on any atom is 0.305 e. The van der Waals surface area contributed by atoms with Crippen LogP contribution in [0.1, 0.15) is 30.6 Å². The molecule has 0 radical (unpaired) electrons. The van der Waals surface area contributed by atoms with Gasteiger partial charge >= 0.3 is 5.97 Å². The van der Waals surface area contributed by atoms with Crippen molar-refractivity contribution in [2.24, 2.45) is 5.92 Å². The number of hydrogen-bond acceptors (Lipinski definition) is 3. The molecule has 4 nitrogen and oxygen atoms in total. The SMILES string of the molecule is CC(C)C(CC(=O)O)NC(=O)c1cc(Cl)sc1Cl. The Labute approximate surface area is 119 Å². The van der Waals surface area contributed by atoms with Gasteiger partial charge in [0.1, 0.15) is 4.34 Å². The van der Waals surface area contributed by atoms with Crippen LogP contribution in [0.3, 0.4) is 0 Å². The van der Waals surface area contributed by atoms with Crippen LogP contribution >= 0.6 is 34.5 Å². The summed E-state index contributed by atoms with van der Waals surface area (Å²) in [5.74, 6) is -1.34. The molecule has 18 heavy (non-hydrogen) atoms. The molecule has 0 aliphatic rings. The highest BCUT2D eigenvalue weighted by atomic mass is 35.5. The number of carbonyl (C=O) groups is 2. The van der Waals surface area contributed by atoms with Gasteiger partial charge in [-0.1, -0.05) is 37.0 Å². The molecule has 0 saturated heterocycles. The van der Waals surface area contributed by atoms with Crippen LogP contribution in [-0.2, 0) is 4.79 Å². The Morgan fingerprint density at radius 2 is 2.06 bits per heavy atom. The zero-order valence-corrected chi connectivity index (χ0v) is 12.2. The molecule has 0 bridgehead atoms. The van der Waals surface area contributed by atoms with Crippen LogP contribution in [0.25, 0.3) is 0 Å². The fraction of sp³-hybridized carbons (Fsp3) is 0.455. The lowest BCUT2D eigenvalue weighted by atomic mass is 10.0. The Balaban J connectivity index is 2.78.